The SMILES string of the molecule is CCOCc1cc(C(=O)Nc2ccc(-c3csc(N4CCOCC4)n3)cc2)ccc1OC. The molecule has 2 aromatic carbocycles. The molecule has 1 aliphatic heterocycles. The first-order chi connectivity index (χ1) is 15.7. The van der Waals surface area contributed by atoms with Crippen LogP contribution in [-0.2, 0) is 16.1 Å². The van der Waals surface area contributed by atoms with Crippen LogP contribution in [0.2, 0.25) is 0 Å². The van der Waals surface area contributed by atoms with Gasteiger partial charge in [-0.1, -0.05) is 12.1 Å². The molecular formula is C24H27N3O4S. The standard InChI is InChI=1S/C24H27N3O4S/c1-3-30-15-19-14-18(6-9-22(19)29-2)23(28)25-20-7-4-17(5-8-20)21-16-32-24(26-21)27-10-12-31-13-11-27/h4-9,14,16H,3,10-13,15H2,1-2H3,(H,25,28). The van der Waals surface area contributed by atoms with Crippen molar-refractivity contribution in [2.24, 2.45) is 0 Å². The maximum atomic E-state index is 12.8. The zero-order chi connectivity index (χ0) is 22.3. The third-order valence-electron chi connectivity index (χ3n) is 5.22. The van der Waals surface area contributed by atoms with Gasteiger partial charge in [0.1, 0.15) is 5.75 Å². The largest absolute Gasteiger partial charge is 0.496 e. The number of nitrogens with one attached hydrogen (secondary N) is 1. The van der Waals surface area contributed by atoms with E-state index in [-0.39, 0.29) is 5.91 Å². The molecule has 1 aromatic heterocycles. The molecule has 1 fully saturated rings. The normalized spacial score (nSPS) is 13.8. The fourth-order valence-electron chi connectivity index (χ4n) is 3.47. The summed E-state index contributed by atoms with van der Waals surface area (Å²) >= 11 is 1.64. The van der Waals surface area contributed by atoms with Crippen LogP contribution in [0.25, 0.3) is 11.3 Å². The second-order valence-electron chi connectivity index (χ2n) is 7.31. The molecule has 1 amide bonds. The number of carbonyl (C=O) groups is 1. The van der Waals surface area contributed by atoms with E-state index < -0.39 is 0 Å². The molecule has 2 heterocycles. The van der Waals surface area contributed by atoms with Crippen LogP contribution in [0, 0.1) is 0 Å². The van der Waals surface area contributed by atoms with Crippen LogP contribution in [0.3, 0.4) is 0 Å². The van der Waals surface area contributed by atoms with Gasteiger partial charge in [-0.05, 0) is 37.3 Å². The molecule has 168 valence electrons. The number of nitrogens with zero attached hydrogens (tertiary/aromatic N) is 2. The van der Waals surface area contributed by atoms with Gasteiger partial charge in [-0.2, -0.15) is 0 Å². The average molecular weight is 454 g/mol. The van der Waals surface area contributed by atoms with E-state index in [1.165, 1.54) is 0 Å². The fraction of sp³-hybridized carbons (Fsp3) is 0.333. The van der Waals surface area contributed by atoms with Crippen LogP contribution >= 0.6 is 11.3 Å². The molecule has 4 rings (SSSR count). The predicted molar refractivity (Wildman–Crippen MR) is 127 cm³/mol. The summed E-state index contributed by atoms with van der Waals surface area (Å²) in [4.78, 5) is 19.8. The highest BCUT2D eigenvalue weighted by Crippen LogP contribution is 2.29. The molecule has 0 unspecified atom stereocenters. The van der Waals surface area contributed by atoms with Gasteiger partial charge < -0.3 is 24.4 Å². The third-order valence-corrected chi connectivity index (χ3v) is 6.12. The molecule has 0 atom stereocenters. The van der Waals surface area contributed by atoms with Crippen molar-refractivity contribution in [3.05, 3.63) is 59.0 Å². The molecule has 0 bridgehead atoms. The van der Waals surface area contributed by atoms with E-state index in [4.69, 9.17) is 19.2 Å². The second-order valence-corrected chi connectivity index (χ2v) is 8.15. The number of thiazole rings is 1. The van der Waals surface area contributed by atoms with Crippen molar-refractivity contribution in [1.29, 1.82) is 0 Å². The Labute approximate surface area is 191 Å². The summed E-state index contributed by atoms with van der Waals surface area (Å²) in [6.45, 7) is 6.15. The van der Waals surface area contributed by atoms with Gasteiger partial charge in [-0.25, -0.2) is 4.98 Å². The summed E-state index contributed by atoms with van der Waals surface area (Å²) in [5, 5.41) is 6.04. The van der Waals surface area contributed by atoms with Crippen LogP contribution in [0.15, 0.2) is 47.8 Å². The van der Waals surface area contributed by atoms with Crippen LogP contribution in [0.1, 0.15) is 22.8 Å². The summed E-state index contributed by atoms with van der Waals surface area (Å²) in [5.41, 5.74) is 4.08. The number of morpholine rings is 1. The van der Waals surface area contributed by atoms with Crippen molar-refractivity contribution in [2.45, 2.75) is 13.5 Å². The quantitative estimate of drug-likeness (QED) is 0.544. The highest BCUT2D eigenvalue weighted by Gasteiger charge is 2.15. The van der Waals surface area contributed by atoms with E-state index in [9.17, 15) is 4.79 Å². The van der Waals surface area contributed by atoms with Gasteiger partial charge >= 0.3 is 0 Å². The van der Waals surface area contributed by atoms with Crippen LogP contribution in [0.4, 0.5) is 10.8 Å². The Bertz CT molecular complexity index is 1050. The second kappa shape index (κ2) is 10.6. The summed E-state index contributed by atoms with van der Waals surface area (Å²) in [5.74, 6) is 0.528. The minimum Gasteiger partial charge on any atom is -0.496 e. The number of aromatic nitrogens is 1. The first-order valence-corrected chi connectivity index (χ1v) is 11.5. The lowest BCUT2D eigenvalue weighted by Gasteiger charge is -2.26. The van der Waals surface area contributed by atoms with E-state index in [1.807, 2.05) is 31.2 Å². The summed E-state index contributed by atoms with van der Waals surface area (Å²) in [6, 6.07) is 13.1. The zero-order valence-corrected chi connectivity index (χ0v) is 19.1. The van der Waals surface area contributed by atoms with Crippen molar-refractivity contribution < 1.29 is 19.0 Å². The third kappa shape index (κ3) is 5.27. The van der Waals surface area contributed by atoms with Crippen LogP contribution < -0.4 is 15.0 Å². The first kappa shape index (κ1) is 22.3. The molecular weight excluding hydrogens is 426 g/mol. The van der Waals surface area contributed by atoms with Gasteiger partial charge in [0.05, 0.1) is 32.6 Å². The van der Waals surface area contributed by atoms with E-state index in [2.05, 4.69) is 15.6 Å². The molecule has 0 saturated carbocycles. The Morgan fingerprint density at radius 2 is 1.97 bits per heavy atom. The molecule has 0 radical (unpaired) electrons. The summed E-state index contributed by atoms with van der Waals surface area (Å²) in [6.07, 6.45) is 0. The van der Waals surface area contributed by atoms with E-state index in [0.29, 0.717) is 24.5 Å². The number of carbonyl (C=O) groups excluding carboxylic acids is 1. The first-order valence-electron chi connectivity index (χ1n) is 10.6. The number of benzene rings is 2. The van der Waals surface area contributed by atoms with Gasteiger partial charge in [0.25, 0.3) is 5.91 Å². The number of amides is 1. The molecule has 8 heteroatoms. The lowest BCUT2D eigenvalue weighted by Crippen LogP contribution is -2.36. The Morgan fingerprint density at radius 3 is 2.69 bits per heavy atom. The van der Waals surface area contributed by atoms with Gasteiger partial charge in [0, 0.05) is 47.5 Å². The van der Waals surface area contributed by atoms with Crippen molar-refractivity contribution in [3.63, 3.8) is 0 Å². The maximum absolute atomic E-state index is 12.8. The summed E-state index contributed by atoms with van der Waals surface area (Å²) < 4.78 is 16.3. The lowest BCUT2D eigenvalue weighted by molar-refractivity contribution is 0.102. The molecule has 1 saturated heterocycles. The molecule has 7 nitrogen and oxygen atoms in total. The highest BCUT2D eigenvalue weighted by atomic mass is 32.1. The Morgan fingerprint density at radius 1 is 1.19 bits per heavy atom. The minimum atomic E-state index is -0.179. The Hall–Kier alpha value is -2.94. The zero-order valence-electron chi connectivity index (χ0n) is 18.3. The van der Waals surface area contributed by atoms with E-state index >= 15 is 0 Å². The van der Waals surface area contributed by atoms with Crippen LogP contribution in [-0.4, -0.2) is 50.9 Å². The Balaban J connectivity index is 1.42. The number of methoxy groups -OCH3 is 1. The molecule has 3 aromatic rings. The molecule has 32 heavy (non-hydrogen) atoms. The number of hydrogen-bond acceptors (Lipinski definition) is 7. The maximum Gasteiger partial charge on any atom is 0.255 e. The highest BCUT2D eigenvalue weighted by molar-refractivity contribution is 7.14. The van der Waals surface area contributed by atoms with Crippen molar-refractivity contribution in [3.8, 4) is 17.0 Å². The smallest absolute Gasteiger partial charge is 0.255 e. The number of ether oxygens (including phenoxy) is 3. The van der Waals surface area contributed by atoms with E-state index in [0.717, 1.165) is 53.9 Å². The van der Waals surface area contributed by atoms with Crippen LogP contribution in [0.5, 0.6) is 5.75 Å². The minimum absolute atomic E-state index is 0.179. The van der Waals surface area contributed by atoms with Gasteiger partial charge in [0.2, 0.25) is 0 Å². The molecule has 1 aliphatic rings. The Kier molecular flexibility index (Phi) is 7.36. The van der Waals surface area contributed by atoms with E-state index in [1.54, 1.807) is 36.6 Å². The molecule has 1 N–H and O–H groups in total. The average Bonchev–Trinajstić information content (AvgIpc) is 3.34. The van der Waals surface area contributed by atoms with Gasteiger partial charge in [0.15, 0.2) is 5.13 Å². The number of anilines is 2. The predicted octanol–water partition coefficient (Wildman–Crippen LogP) is 4.44. The lowest BCUT2D eigenvalue weighted by atomic mass is 10.1. The molecule has 0 spiro atoms. The van der Waals surface area contributed by atoms with Crippen molar-refractivity contribution in [1.82, 2.24) is 4.98 Å². The van der Waals surface area contributed by atoms with Gasteiger partial charge in [-0.15, -0.1) is 11.3 Å². The van der Waals surface area contributed by atoms with Gasteiger partial charge in [-0.3, -0.25) is 4.79 Å². The number of hydrogen-bond donors (Lipinski definition) is 1. The van der Waals surface area contributed by atoms with Crippen molar-refractivity contribution >= 4 is 28.1 Å². The molecule has 0 aliphatic carbocycles. The number of rotatable bonds is 8. The summed E-state index contributed by atoms with van der Waals surface area (Å²) in [7, 11) is 1.61. The topological polar surface area (TPSA) is 72.9 Å². The van der Waals surface area contributed by atoms with Crippen molar-refractivity contribution in [2.75, 3.05) is 50.2 Å². The fourth-order valence-corrected chi connectivity index (χ4v) is 4.36. The monoisotopic (exact) mass is 453 g/mol.